The third kappa shape index (κ3) is 2.16. The Morgan fingerprint density at radius 2 is 2.20 bits per heavy atom. The van der Waals surface area contributed by atoms with E-state index < -0.39 is 0 Å². The summed E-state index contributed by atoms with van der Waals surface area (Å²) >= 11 is 11.7. The molecule has 2 aromatic rings. The highest BCUT2D eigenvalue weighted by atomic mass is 35.5. The second-order valence-corrected chi connectivity index (χ2v) is 3.94. The molecule has 0 atom stereocenters. The van der Waals surface area contributed by atoms with Crippen molar-refractivity contribution < 1.29 is 4.42 Å². The standard InChI is InChI=1S/C11H9Cl2NO/c1-7-2-3-9(10(13)4-7)11-14-8(5-12)6-15-11/h2-4,6H,5H2,1H3. The van der Waals surface area contributed by atoms with Gasteiger partial charge in [0.05, 0.1) is 22.2 Å². The second kappa shape index (κ2) is 4.25. The molecule has 2 rings (SSSR count). The van der Waals surface area contributed by atoms with Crippen molar-refractivity contribution in [2.75, 3.05) is 0 Å². The van der Waals surface area contributed by atoms with E-state index in [9.17, 15) is 0 Å². The van der Waals surface area contributed by atoms with Crippen LogP contribution in [0.4, 0.5) is 0 Å². The number of alkyl halides is 1. The van der Waals surface area contributed by atoms with Gasteiger partial charge in [0.15, 0.2) is 0 Å². The minimum Gasteiger partial charge on any atom is -0.444 e. The van der Waals surface area contributed by atoms with Crippen LogP contribution in [0, 0.1) is 6.92 Å². The lowest BCUT2D eigenvalue weighted by atomic mass is 10.1. The van der Waals surface area contributed by atoms with Gasteiger partial charge < -0.3 is 4.42 Å². The van der Waals surface area contributed by atoms with Crippen molar-refractivity contribution in [3.8, 4) is 11.5 Å². The molecule has 0 bridgehead atoms. The smallest absolute Gasteiger partial charge is 0.227 e. The van der Waals surface area contributed by atoms with Crippen LogP contribution in [0.5, 0.6) is 0 Å². The number of oxazole rings is 1. The largest absolute Gasteiger partial charge is 0.444 e. The number of hydrogen-bond acceptors (Lipinski definition) is 2. The topological polar surface area (TPSA) is 26.0 Å². The van der Waals surface area contributed by atoms with E-state index in [0.717, 1.165) is 11.1 Å². The zero-order valence-corrected chi connectivity index (χ0v) is 9.64. The predicted molar refractivity (Wildman–Crippen MR) is 61.2 cm³/mol. The van der Waals surface area contributed by atoms with Crippen molar-refractivity contribution >= 4 is 23.2 Å². The maximum Gasteiger partial charge on any atom is 0.227 e. The van der Waals surface area contributed by atoms with E-state index in [4.69, 9.17) is 27.6 Å². The fourth-order valence-electron chi connectivity index (χ4n) is 1.29. The molecule has 0 amide bonds. The molecule has 0 aliphatic carbocycles. The molecule has 0 unspecified atom stereocenters. The van der Waals surface area contributed by atoms with Gasteiger partial charge in [0, 0.05) is 0 Å². The van der Waals surface area contributed by atoms with Crippen LogP contribution < -0.4 is 0 Å². The average molecular weight is 242 g/mol. The molecule has 1 heterocycles. The van der Waals surface area contributed by atoms with Crippen LogP contribution in [-0.2, 0) is 5.88 Å². The Morgan fingerprint density at radius 3 is 2.80 bits per heavy atom. The molecule has 2 nitrogen and oxygen atoms in total. The van der Waals surface area contributed by atoms with E-state index in [1.165, 1.54) is 0 Å². The zero-order chi connectivity index (χ0) is 10.8. The maximum atomic E-state index is 6.08. The van der Waals surface area contributed by atoms with Crippen LogP contribution in [0.1, 0.15) is 11.3 Å². The van der Waals surface area contributed by atoms with Crippen molar-refractivity contribution in [2.45, 2.75) is 12.8 Å². The Bertz CT molecular complexity index is 479. The summed E-state index contributed by atoms with van der Waals surface area (Å²) in [5.74, 6) is 0.850. The monoisotopic (exact) mass is 241 g/mol. The number of halogens is 2. The highest BCUT2D eigenvalue weighted by Crippen LogP contribution is 2.28. The van der Waals surface area contributed by atoms with Gasteiger partial charge in [-0.2, -0.15) is 0 Å². The SMILES string of the molecule is Cc1ccc(-c2nc(CCl)co2)c(Cl)c1. The molecule has 0 N–H and O–H groups in total. The number of benzene rings is 1. The Morgan fingerprint density at radius 1 is 1.40 bits per heavy atom. The van der Waals surface area contributed by atoms with E-state index in [0.29, 0.717) is 22.5 Å². The molecule has 0 aliphatic heterocycles. The Balaban J connectivity index is 2.44. The second-order valence-electron chi connectivity index (χ2n) is 3.26. The van der Waals surface area contributed by atoms with Gasteiger partial charge in [-0.25, -0.2) is 4.98 Å². The van der Waals surface area contributed by atoms with Crippen molar-refractivity contribution in [1.29, 1.82) is 0 Å². The normalized spacial score (nSPS) is 10.6. The molecule has 1 aromatic carbocycles. The molecule has 4 heteroatoms. The average Bonchev–Trinajstić information content (AvgIpc) is 2.66. The molecular formula is C11H9Cl2NO. The van der Waals surface area contributed by atoms with Crippen LogP contribution in [0.3, 0.4) is 0 Å². The van der Waals surface area contributed by atoms with Crippen molar-refractivity contribution in [3.05, 3.63) is 40.7 Å². The van der Waals surface area contributed by atoms with Gasteiger partial charge in [0.25, 0.3) is 0 Å². The molecule has 0 fully saturated rings. The van der Waals surface area contributed by atoms with Crippen molar-refractivity contribution in [3.63, 3.8) is 0 Å². The lowest BCUT2D eigenvalue weighted by Gasteiger charge is -2.00. The summed E-state index contributed by atoms with van der Waals surface area (Å²) in [6, 6.07) is 5.73. The third-order valence-electron chi connectivity index (χ3n) is 2.04. The van der Waals surface area contributed by atoms with E-state index in [2.05, 4.69) is 4.98 Å². The molecule has 0 aliphatic rings. The summed E-state index contributed by atoms with van der Waals surface area (Å²) in [5, 5.41) is 0.637. The highest BCUT2D eigenvalue weighted by molar-refractivity contribution is 6.33. The van der Waals surface area contributed by atoms with Crippen LogP contribution in [0.15, 0.2) is 28.9 Å². The van der Waals surface area contributed by atoms with Gasteiger partial charge >= 0.3 is 0 Å². The Kier molecular flexibility index (Phi) is 2.98. The number of rotatable bonds is 2. The summed E-state index contributed by atoms with van der Waals surface area (Å²) in [4.78, 5) is 4.21. The van der Waals surface area contributed by atoms with Crippen molar-refractivity contribution in [2.24, 2.45) is 0 Å². The lowest BCUT2D eigenvalue weighted by Crippen LogP contribution is -1.82. The van der Waals surface area contributed by atoms with Gasteiger partial charge in [-0.1, -0.05) is 17.7 Å². The van der Waals surface area contributed by atoms with Gasteiger partial charge in [-0.15, -0.1) is 11.6 Å². The number of hydrogen-bond donors (Lipinski definition) is 0. The molecule has 0 saturated heterocycles. The summed E-state index contributed by atoms with van der Waals surface area (Å²) in [6.45, 7) is 1.98. The number of aryl methyl sites for hydroxylation is 1. The third-order valence-corrected chi connectivity index (χ3v) is 2.63. The lowest BCUT2D eigenvalue weighted by molar-refractivity contribution is 0.573. The van der Waals surface area contributed by atoms with Gasteiger partial charge in [-0.05, 0) is 24.6 Å². The van der Waals surface area contributed by atoms with Gasteiger partial charge in [0.2, 0.25) is 5.89 Å². The number of nitrogens with zero attached hydrogens (tertiary/aromatic N) is 1. The van der Waals surface area contributed by atoms with Crippen LogP contribution in [0.2, 0.25) is 5.02 Å². The number of aromatic nitrogens is 1. The summed E-state index contributed by atoms with van der Waals surface area (Å²) in [7, 11) is 0. The molecule has 15 heavy (non-hydrogen) atoms. The van der Waals surface area contributed by atoms with Crippen LogP contribution in [0.25, 0.3) is 11.5 Å². The molecule has 78 valence electrons. The van der Waals surface area contributed by atoms with E-state index in [1.54, 1.807) is 6.26 Å². The van der Waals surface area contributed by atoms with Gasteiger partial charge in [-0.3, -0.25) is 0 Å². The quantitative estimate of drug-likeness (QED) is 0.742. The highest BCUT2D eigenvalue weighted by Gasteiger charge is 2.09. The van der Waals surface area contributed by atoms with Crippen LogP contribution >= 0.6 is 23.2 Å². The van der Waals surface area contributed by atoms with E-state index >= 15 is 0 Å². The first-order chi connectivity index (χ1) is 7.20. The summed E-state index contributed by atoms with van der Waals surface area (Å²) in [6.07, 6.45) is 1.54. The minimum absolute atomic E-state index is 0.340. The fraction of sp³-hybridized carbons (Fsp3) is 0.182. The van der Waals surface area contributed by atoms with Crippen molar-refractivity contribution in [1.82, 2.24) is 4.98 Å². The molecule has 1 aromatic heterocycles. The summed E-state index contributed by atoms with van der Waals surface area (Å²) in [5.41, 5.74) is 2.61. The molecule has 0 saturated carbocycles. The minimum atomic E-state index is 0.340. The first kappa shape index (κ1) is 10.5. The maximum absolute atomic E-state index is 6.08. The van der Waals surface area contributed by atoms with E-state index in [1.807, 2.05) is 25.1 Å². The fourth-order valence-corrected chi connectivity index (χ4v) is 1.72. The molecular weight excluding hydrogens is 233 g/mol. The van der Waals surface area contributed by atoms with Crippen LogP contribution in [-0.4, -0.2) is 4.98 Å². The summed E-state index contributed by atoms with van der Waals surface area (Å²) < 4.78 is 5.28. The first-order valence-electron chi connectivity index (χ1n) is 4.47. The van der Waals surface area contributed by atoms with E-state index in [-0.39, 0.29) is 0 Å². The molecule has 0 radical (unpaired) electrons. The Labute approximate surface area is 97.8 Å². The Hall–Kier alpha value is -0.990. The molecule has 0 spiro atoms. The first-order valence-corrected chi connectivity index (χ1v) is 5.39. The van der Waals surface area contributed by atoms with Gasteiger partial charge in [0.1, 0.15) is 6.26 Å². The zero-order valence-electron chi connectivity index (χ0n) is 8.13. The predicted octanol–water partition coefficient (Wildman–Crippen LogP) is 4.04.